The molecule has 0 saturated carbocycles. The van der Waals surface area contributed by atoms with E-state index in [9.17, 15) is 18.0 Å². The number of aliphatic imine (C=N–C) groups is 1. The fraction of sp³-hybridized carbons (Fsp3) is 0.333. The highest BCUT2D eigenvalue weighted by atomic mass is 127. The number of hydrogen-bond acceptors (Lipinski definition) is 4. The second-order valence-electron chi connectivity index (χ2n) is 6.84. The Labute approximate surface area is 201 Å². The summed E-state index contributed by atoms with van der Waals surface area (Å²) >= 11 is 0. The van der Waals surface area contributed by atoms with Crippen molar-refractivity contribution in [3.05, 3.63) is 53.8 Å². The highest BCUT2D eigenvalue weighted by Crippen LogP contribution is 2.21. The number of piperazine rings is 1. The van der Waals surface area contributed by atoms with Crippen LogP contribution in [0.4, 0.5) is 24.5 Å². The molecule has 32 heavy (non-hydrogen) atoms. The lowest BCUT2D eigenvalue weighted by Crippen LogP contribution is -2.53. The molecule has 3 rings (SSSR count). The minimum absolute atomic E-state index is 0. The molecule has 1 saturated heterocycles. The third kappa shape index (κ3) is 6.17. The van der Waals surface area contributed by atoms with E-state index in [4.69, 9.17) is 4.74 Å². The molecule has 11 heteroatoms. The Kier molecular flexibility index (Phi) is 9.42. The van der Waals surface area contributed by atoms with Gasteiger partial charge in [0.25, 0.3) is 0 Å². The van der Waals surface area contributed by atoms with Crippen LogP contribution < -0.4 is 20.3 Å². The molecule has 1 amide bonds. The minimum Gasteiger partial charge on any atom is -0.497 e. The van der Waals surface area contributed by atoms with Gasteiger partial charge < -0.3 is 25.2 Å². The number of anilines is 2. The van der Waals surface area contributed by atoms with Crippen molar-refractivity contribution in [3.63, 3.8) is 0 Å². The van der Waals surface area contributed by atoms with Crippen LogP contribution in [-0.2, 0) is 4.79 Å². The third-order valence-corrected chi connectivity index (χ3v) is 4.94. The molecular weight excluding hydrogens is 538 g/mol. The van der Waals surface area contributed by atoms with Crippen molar-refractivity contribution < 1.29 is 22.7 Å². The molecule has 0 aromatic heterocycles. The summed E-state index contributed by atoms with van der Waals surface area (Å²) < 4.78 is 45.2. The number of amides is 1. The lowest BCUT2D eigenvalue weighted by atomic mass is 10.2. The van der Waals surface area contributed by atoms with E-state index in [0.717, 1.165) is 36.7 Å². The van der Waals surface area contributed by atoms with Crippen molar-refractivity contribution in [2.24, 2.45) is 4.99 Å². The minimum atomic E-state index is -1.63. The average Bonchev–Trinajstić information content (AvgIpc) is 2.80. The Hall–Kier alpha value is -2.70. The van der Waals surface area contributed by atoms with Crippen molar-refractivity contribution in [3.8, 4) is 5.75 Å². The van der Waals surface area contributed by atoms with Gasteiger partial charge in [-0.15, -0.1) is 24.0 Å². The van der Waals surface area contributed by atoms with Gasteiger partial charge in [0.15, 0.2) is 23.4 Å². The largest absolute Gasteiger partial charge is 0.497 e. The van der Waals surface area contributed by atoms with Crippen LogP contribution in [0.3, 0.4) is 0 Å². The zero-order valence-corrected chi connectivity index (χ0v) is 20.0. The van der Waals surface area contributed by atoms with E-state index >= 15 is 0 Å². The van der Waals surface area contributed by atoms with E-state index in [-0.39, 0.29) is 30.5 Å². The monoisotopic (exact) mass is 563 g/mol. The highest BCUT2D eigenvalue weighted by molar-refractivity contribution is 14.0. The van der Waals surface area contributed by atoms with Gasteiger partial charge in [0.05, 0.1) is 19.3 Å². The summed E-state index contributed by atoms with van der Waals surface area (Å²) in [5, 5.41) is 5.14. The first kappa shape index (κ1) is 25.6. The van der Waals surface area contributed by atoms with Crippen LogP contribution >= 0.6 is 24.0 Å². The molecule has 0 aliphatic carbocycles. The molecule has 2 aromatic rings. The summed E-state index contributed by atoms with van der Waals surface area (Å²) in [4.78, 5) is 20.5. The zero-order chi connectivity index (χ0) is 22.4. The highest BCUT2D eigenvalue weighted by Gasteiger charge is 2.21. The molecule has 0 spiro atoms. The third-order valence-electron chi connectivity index (χ3n) is 4.94. The first-order valence-corrected chi connectivity index (χ1v) is 9.71. The first-order valence-electron chi connectivity index (χ1n) is 9.71. The topological polar surface area (TPSA) is 69.2 Å². The van der Waals surface area contributed by atoms with Crippen molar-refractivity contribution in [2.45, 2.75) is 0 Å². The van der Waals surface area contributed by atoms with Crippen molar-refractivity contribution in [1.29, 1.82) is 0 Å². The van der Waals surface area contributed by atoms with Crippen LogP contribution in [0.1, 0.15) is 0 Å². The summed E-state index contributed by atoms with van der Waals surface area (Å²) in [5.74, 6) is -3.67. The Balaban J connectivity index is 0.00000363. The second kappa shape index (κ2) is 11.8. The number of hydrogen-bond donors (Lipinski definition) is 2. The molecule has 1 aliphatic rings. The van der Waals surface area contributed by atoms with Gasteiger partial charge >= 0.3 is 0 Å². The maximum Gasteiger partial charge on any atom is 0.243 e. The Morgan fingerprint density at radius 3 is 2.28 bits per heavy atom. The van der Waals surface area contributed by atoms with Crippen LogP contribution in [0.2, 0.25) is 0 Å². The molecule has 7 nitrogen and oxygen atoms in total. The summed E-state index contributed by atoms with van der Waals surface area (Å²) in [6, 6.07) is 9.56. The molecular formula is C21H25F3IN5O2. The number of nitrogens with zero attached hydrogens (tertiary/aromatic N) is 3. The molecule has 0 radical (unpaired) electrons. The Morgan fingerprint density at radius 2 is 1.69 bits per heavy atom. The predicted molar refractivity (Wildman–Crippen MR) is 129 cm³/mol. The van der Waals surface area contributed by atoms with Gasteiger partial charge in [-0.05, 0) is 36.4 Å². The van der Waals surface area contributed by atoms with Crippen LogP contribution in [-0.4, -0.2) is 63.6 Å². The quantitative estimate of drug-likeness (QED) is 0.254. The van der Waals surface area contributed by atoms with Crippen molar-refractivity contribution in [2.75, 3.05) is 57.1 Å². The van der Waals surface area contributed by atoms with Gasteiger partial charge in [-0.1, -0.05) is 0 Å². The van der Waals surface area contributed by atoms with Gasteiger partial charge in [-0.3, -0.25) is 9.79 Å². The maximum absolute atomic E-state index is 13.7. The number of guanidine groups is 1. The van der Waals surface area contributed by atoms with E-state index in [0.29, 0.717) is 19.0 Å². The van der Waals surface area contributed by atoms with E-state index in [1.54, 1.807) is 14.2 Å². The number of carbonyl (C=O) groups excluding carboxylic acids is 1. The van der Waals surface area contributed by atoms with Gasteiger partial charge in [0.1, 0.15) is 5.75 Å². The number of rotatable bonds is 5. The average molecular weight is 563 g/mol. The molecule has 174 valence electrons. The lowest BCUT2D eigenvalue weighted by molar-refractivity contribution is -0.115. The van der Waals surface area contributed by atoms with Crippen LogP contribution in [0, 0.1) is 17.5 Å². The molecule has 1 heterocycles. The lowest BCUT2D eigenvalue weighted by Gasteiger charge is -2.37. The van der Waals surface area contributed by atoms with Crippen LogP contribution in [0.5, 0.6) is 5.75 Å². The second-order valence-corrected chi connectivity index (χ2v) is 6.84. The van der Waals surface area contributed by atoms with E-state index in [1.807, 2.05) is 29.2 Å². The number of nitrogens with one attached hydrogen (secondary N) is 2. The summed E-state index contributed by atoms with van der Waals surface area (Å²) in [6.45, 7) is 2.69. The van der Waals surface area contributed by atoms with E-state index in [2.05, 4.69) is 20.5 Å². The fourth-order valence-electron chi connectivity index (χ4n) is 3.28. The predicted octanol–water partition coefficient (Wildman–Crippen LogP) is 3.07. The SMILES string of the molecule is CN=C(NCC(=O)Nc1ccc(F)c(F)c1F)N1CCN(c2ccc(OC)cc2)CC1.I. The normalized spacial score (nSPS) is 14.0. The molecule has 0 unspecified atom stereocenters. The molecule has 0 atom stereocenters. The molecule has 2 aromatic carbocycles. The van der Waals surface area contributed by atoms with E-state index < -0.39 is 29.0 Å². The first-order chi connectivity index (χ1) is 14.9. The number of benzene rings is 2. The summed E-state index contributed by atoms with van der Waals surface area (Å²) in [7, 11) is 3.23. The van der Waals surface area contributed by atoms with Gasteiger partial charge in [-0.25, -0.2) is 13.2 Å². The number of carbonyl (C=O) groups is 1. The smallest absolute Gasteiger partial charge is 0.243 e. The zero-order valence-electron chi connectivity index (χ0n) is 17.7. The molecule has 0 bridgehead atoms. The Bertz CT molecular complexity index is 951. The van der Waals surface area contributed by atoms with Gasteiger partial charge in [-0.2, -0.15) is 0 Å². The maximum atomic E-state index is 13.7. The Morgan fingerprint density at radius 1 is 1.03 bits per heavy atom. The summed E-state index contributed by atoms with van der Waals surface area (Å²) in [6.07, 6.45) is 0. The number of halogens is 4. The molecule has 1 aliphatic heterocycles. The molecule has 1 fully saturated rings. The standard InChI is InChI=1S/C21H24F3N5O2.HI/c1-25-21(26-13-18(30)27-17-8-7-16(22)19(23)20(17)24)29-11-9-28(10-12-29)14-3-5-15(31-2)6-4-14;/h3-8H,9-13H2,1-2H3,(H,25,26)(H,27,30);1H. The van der Waals surface area contributed by atoms with Gasteiger partial charge in [0, 0.05) is 38.9 Å². The van der Waals surface area contributed by atoms with Crippen LogP contribution in [0.25, 0.3) is 0 Å². The van der Waals surface area contributed by atoms with Crippen molar-refractivity contribution in [1.82, 2.24) is 10.2 Å². The number of methoxy groups -OCH3 is 1. The fourth-order valence-corrected chi connectivity index (χ4v) is 3.28. The summed E-state index contributed by atoms with van der Waals surface area (Å²) in [5.41, 5.74) is 0.671. The van der Waals surface area contributed by atoms with Crippen molar-refractivity contribution >= 4 is 47.2 Å². The van der Waals surface area contributed by atoms with Crippen LogP contribution in [0.15, 0.2) is 41.4 Å². The van der Waals surface area contributed by atoms with E-state index in [1.165, 1.54) is 0 Å². The number of ether oxygens (including phenoxy) is 1. The van der Waals surface area contributed by atoms with Gasteiger partial charge in [0.2, 0.25) is 5.91 Å². The molecule has 2 N–H and O–H groups in total.